The zero-order valence-electron chi connectivity index (χ0n) is 7.27. The molecule has 0 spiro atoms. The van der Waals surface area contributed by atoms with Crippen LogP contribution in [-0.2, 0) is 0 Å². The lowest BCUT2D eigenvalue weighted by Gasteiger charge is -1.94. The summed E-state index contributed by atoms with van der Waals surface area (Å²) in [6.07, 6.45) is 0. The Morgan fingerprint density at radius 2 is 2.00 bits per heavy atom. The Bertz CT molecular complexity index is 562. The van der Waals surface area contributed by atoms with Gasteiger partial charge in [0, 0.05) is 5.39 Å². The molecule has 14 heavy (non-hydrogen) atoms. The second-order valence-electron chi connectivity index (χ2n) is 3.05. The number of benzene rings is 1. The highest BCUT2D eigenvalue weighted by Crippen LogP contribution is 2.25. The molecule has 0 saturated heterocycles. The third kappa shape index (κ3) is 1.04. The summed E-state index contributed by atoms with van der Waals surface area (Å²) >= 11 is 1.47. The molecule has 4 heteroatoms. The number of rotatable bonds is 0. The van der Waals surface area contributed by atoms with Crippen LogP contribution in [0.2, 0.25) is 0 Å². The van der Waals surface area contributed by atoms with Crippen molar-refractivity contribution in [3.8, 4) is 0 Å². The van der Waals surface area contributed by atoms with Crippen LogP contribution in [0.3, 0.4) is 0 Å². The number of thiazole rings is 1. The van der Waals surface area contributed by atoms with E-state index in [-0.39, 0.29) is 0 Å². The van der Waals surface area contributed by atoms with Crippen LogP contribution in [0.5, 0.6) is 0 Å². The van der Waals surface area contributed by atoms with Crippen LogP contribution in [0.4, 0.5) is 5.13 Å². The number of hydrogen-bond donors (Lipinski definition) is 1. The SMILES string of the molecule is Nc1nc2nc3ccccc3cc2s1. The minimum absolute atomic E-state index is 0.572. The molecule has 2 N–H and O–H groups in total. The van der Waals surface area contributed by atoms with Crippen LogP contribution in [0.15, 0.2) is 30.3 Å². The molecule has 0 saturated carbocycles. The Morgan fingerprint density at radius 1 is 1.14 bits per heavy atom. The quantitative estimate of drug-likeness (QED) is 0.607. The highest BCUT2D eigenvalue weighted by atomic mass is 32.1. The fourth-order valence-electron chi connectivity index (χ4n) is 1.48. The van der Waals surface area contributed by atoms with Gasteiger partial charge < -0.3 is 5.73 Å². The van der Waals surface area contributed by atoms with Crippen LogP contribution >= 0.6 is 11.3 Å². The maximum absolute atomic E-state index is 5.62. The standard InChI is InChI=1S/C10H7N3S/c11-10-13-9-8(14-10)5-6-3-1-2-4-7(6)12-9/h1-5H,(H2,11,12,13). The largest absolute Gasteiger partial charge is 0.375 e. The summed E-state index contributed by atoms with van der Waals surface area (Å²) in [5, 5.41) is 1.70. The second kappa shape index (κ2) is 2.65. The zero-order chi connectivity index (χ0) is 9.54. The lowest BCUT2D eigenvalue weighted by molar-refractivity contribution is 1.38. The third-order valence-electron chi connectivity index (χ3n) is 2.10. The summed E-state index contributed by atoms with van der Waals surface area (Å²) in [6.45, 7) is 0. The summed E-state index contributed by atoms with van der Waals surface area (Å²) in [5.41, 5.74) is 7.33. The molecule has 0 amide bonds. The Hall–Kier alpha value is -1.68. The van der Waals surface area contributed by atoms with Crippen LogP contribution in [0.1, 0.15) is 0 Å². The van der Waals surface area contributed by atoms with Gasteiger partial charge in [-0.2, -0.15) is 0 Å². The number of para-hydroxylation sites is 1. The maximum Gasteiger partial charge on any atom is 0.182 e. The molecular weight excluding hydrogens is 194 g/mol. The van der Waals surface area contributed by atoms with E-state index < -0.39 is 0 Å². The van der Waals surface area contributed by atoms with Crippen LogP contribution < -0.4 is 5.73 Å². The number of aromatic nitrogens is 2. The van der Waals surface area contributed by atoms with Gasteiger partial charge in [0.1, 0.15) is 0 Å². The van der Waals surface area contributed by atoms with Gasteiger partial charge in [0.2, 0.25) is 0 Å². The smallest absolute Gasteiger partial charge is 0.182 e. The van der Waals surface area contributed by atoms with E-state index in [1.807, 2.05) is 24.3 Å². The number of pyridine rings is 1. The summed E-state index contributed by atoms with van der Waals surface area (Å²) in [6, 6.07) is 10.1. The van der Waals surface area contributed by atoms with Crippen LogP contribution in [0, 0.1) is 0 Å². The predicted octanol–water partition coefficient (Wildman–Crippen LogP) is 2.43. The minimum atomic E-state index is 0.572. The number of fused-ring (bicyclic) bond motifs is 2. The van der Waals surface area contributed by atoms with Crippen LogP contribution in [-0.4, -0.2) is 9.97 Å². The molecule has 68 valence electrons. The lowest BCUT2D eigenvalue weighted by atomic mass is 10.2. The van der Waals surface area contributed by atoms with Crippen molar-refractivity contribution in [2.75, 3.05) is 5.73 Å². The maximum atomic E-state index is 5.62. The van der Waals surface area contributed by atoms with Crippen molar-refractivity contribution in [3.63, 3.8) is 0 Å². The average molecular weight is 201 g/mol. The van der Waals surface area contributed by atoms with Gasteiger partial charge >= 0.3 is 0 Å². The Labute approximate surface area is 84.2 Å². The molecule has 0 aliphatic rings. The predicted molar refractivity (Wildman–Crippen MR) is 59.3 cm³/mol. The molecule has 2 heterocycles. The number of nitrogen functional groups attached to an aromatic ring is 1. The second-order valence-corrected chi connectivity index (χ2v) is 4.12. The van der Waals surface area contributed by atoms with Crippen LogP contribution in [0.25, 0.3) is 21.3 Å². The van der Waals surface area contributed by atoms with Gasteiger partial charge in [-0.1, -0.05) is 29.5 Å². The van der Waals surface area contributed by atoms with Crippen molar-refractivity contribution in [3.05, 3.63) is 30.3 Å². The van der Waals surface area contributed by atoms with Crippen molar-refractivity contribution in [1.82, 2.24) is 9.97 Å². The first-order chi connectivity index (χ1) is 6.83. The van der Waals surface area contributed by atoms with E-state index >= 15 is 0 Å². The molecule has 0 atom stereocenters. The first-order valence-corrected chi connectivity index (χ1v) is 5.06. The molecular formula is C10H7N3S. The number of hydrogen-bond acceptors (Lipinski definition) is 4. The van der Waals surface area contributed by atoms with Crippen molar-refractivity contribution in [2.45, 2.75) is 0 Å². The summed E-state index contributed by atoms with van der Waals surface area (Å²) < 4.78 is 1.04. The summed E-state index contributed by atoms with van der Waals surface area (Å²) in [7, 11) is 0. The lowest BCUT2D eigenvalue weighted by Crippen LogP contribution is -1.82. The molecule has 0 fully saturated rings. The summed E-state index contributed by atoms with van der Waals surface area (Å²) in [5.74, 6) is 0. The van der Waals surface area contributed by atoms with Gasteiger partial charge in [0.15, 0.2) is 10.8 Å². The van der Waals surface area contributed by atoms with Gasteiger partial charge in [-0.05, 0) is 12.1 Å². The summed E-state index contributed by atoms with van der Waals surface area (Å²) in [4.78, 5) is 8.57. The van der Waals surface area contributed by atoms with E-state index in [9.17, 15) is 0 Å². The highest BCUT2D eigenvalue weighted by molar-refractivity contribution is 7.22. The Morgan fingerprint density at radius 3 is 2.93 bits per heavy atom. The van der Waals surface area contributed by atoms with E-state index in [1.165, 1.54) is 11.3 Å². The molecule has 0 aliphatic heterocycles. The van der Waals surface area contributed by atoms with E-state index in [1.54, 1.807) is 0 Å². The molecule has 0 aliphatic carbocycles. The Kier molecular flexibility index (Phi) is 1.46. The zero-order valence-corrected chi connectivity index (χ0v) is 8.08. The molecule has 1 aromatic carbocycles. The minimum Gasteiger partial charge on any atom is -0.375 e. The molecule has 0 radical (unpaired) electrons. The van der Waals surface area contributed by atoms with Gasteiger partial charge in [0.05, 0.1) is 10.2 Å². The van der Waals surface area contributed by atoms with Gasteiger partial charge in [0.25, 0.3) is 0 Å². The molecule has 2 aromatic heterocycles. The molecule has 0 unspecified atom stereocenters. The fourth-order valence-corrected chi connectivity index (χ4v) is 2.21. The van der Waals surface area contributed by atoms with E-state index in [0.29, 0.717) is 5.13 Å². The van der Waals surface area contributed by atoms with Crippen molar-refractivity contribution in [1.29, 1.82) is 0 Å². The van der Waals surface area contributed by atoms with E-state index in [4.69, 9.17) is 5.73 Å². The first kappa shape index (κ1) is 7.70. The molecule has 3 rings (SSSR count). The van der Waals surface area contributed by atoms with Crippen molar-refractivity contribution >= 4 is 37.7 Å². The fraction of sp³-hybridized carbons (Fsp3) is 0. The van der Waals surface area contributed by atoms with E-state index in [2.05, 4.69) is 16.0 Å². The average Bonchev–Trinajstić information content (AvgIpc) is 2.53. The molecule has 3 nitrogen and oxygen atoms in total. The topological polar surface area (TPSA) is 51.8 Å². The number of nitrogens with two attached hydrogens (primary N) is 1. The molecule has 3 aromatic rings. The van der Waals surface area contributed by atoms with Gasteiger partial charge in [-0.3, -0.25) is 0 Å². The van der Waals surface area contributed by atoms with Gasteiger partial charge in [-0.15, -0.1) is 0 Å². The highest BCUT2D eigenvalue weighted by Gasteiger charge is 2.03. The first-order valence-electron chi connectivity index (χ1n) is 4.25. The van der Waals surface area contributed by atoms with Crippen molar-refractivity contribution in [2.24, 2.45) is 0 Å². The number of nitrogens with zero attached hydrogens (tertiary/aromatic N) is 2. The monoisotopic (exact) mass is 201 g/mol. The normalized spacial score (nSPS) is 11.1. The van der Waals surface area contributed by atoms with Gasteiger partial charge in [-0.25, -0.2) is 9.97 Å². The Balaban J connectivity index is 2.51. The third-order valence-corrected chi connectivity index (χ3v) is 2.92. The van der Waals surface area contributed by atoms with Crippen molar-refractivity contribution < 1.29 is 0 Å². The van der Waals surface area contributed by atoms with E-state index in [0.717, 1.165) is 21.3 Å². The molecule has 0 bridgehead atoms. The number of anilines is 1.